The van der Waals surface area contributed by atoms with Crippen LogP contribution in [0.1, 0.15) is 32.1 Å². The third kappa shape index (κ3) is 3.37. The Hall–Kier alpha value is -1.56. The summed E-state index contributed by atoms with van der Waals surface area (Å²) in [6, 6.07) is 4.18. The SMILES string of the molecule is Cn1c(SCC(=O)NC2CCCCC2)nc2cccnc21. The van der Waals surface area contributed by atoms with Crippen molar-refractivity contribution in [2.24, 2.45) is 7.05 Å². The minimum absolute atomic E-state index is 0.104. The molecule has 0 bridgehead atoms. The zero-order valence-electron chi connectivity index (χ0n) is 12.2. The number of nitrogens with one attached hydrogen (secondary N) is 1. The highest BCUT2D eigenvalue weighted by molar-refractivity contribution is 7.99. The molecule has 1 amide bonds. The van der Waals surface area contributed by atoms with Gasteiger partial charge in [0.2, 0.25) is 5.91 Å². The first kappa shape index (κ1) is 14.4. The number of hydrogen-bond donors (Lipinski definition) is 1. The van der Waals surface area contributed by atoms with Crippen molar-refractivity contribution in [3.63, 3.8) is 0 Å². The Balaban J connectivity index is 1.58. The fourth-order valence-electron chi connectivity index (χ4n) is 2.78. The van der Waals surface area contributed by atoms with Gasteiger partial charge in [0.1, 0.15) is 5.52 Å². The van der Waals surface area contributed by atoms with Crippen molar-refractivity contribution in [3.05, 3.63) is 18.3 Å². The molecular weight excluding hydrogens is 284 g/mol. The summed E-state index contributed by atoms with van der Waals surface area (Å²) < 4.78 is 1.94. The van der Waals surface area contributed by atoms with Crippen LogP contribution in [0.3, 0.4) is 0 Å². The Morgan fingerprint density at radius 2 is 2.24 bits per heavy atom. The summed E-state index contributed by atoms with van der Waals surface area (Å²) in [5, 5.41) is 3.97. The average molecular weight is 304 g/mol. The minimum atomic E-state index is 0.104. The van der Waals surface area contributed by atoms with Crippen molar-refractivity contribution < 1.29 is 4.79 Å². The fraction of sp³-hybridized carbons (Fsp3) is 0.533. The standard InChI is InChI=1S/C15H20N4OS/c1-19-14-12(8-5-9-16-14)18-15(19)21-10-13(20)17-11-6-3-2-4-7-11/h5,8-9,11H,2-4,6-7,10H2,1H3,(H,17,20). The molecule has 2 heterocycles. The molecule has 0 atom stereocenters. The number of thioether (sulfide) groups is 1. The molecule has 3 rings (SSSR count). The maximum absolute atomic E-state index is 12.0. The Morgan fingerprint density at radius 3 is 3.00 bits per heavy atom. The average Bonchev–Trinajstić information content (AvgIpc) is 2.83. The molecule has 0 spiro atoms. The molecule has 112 valence electrons. The molecule has 0 saturated heterocycles. The van der Waals surface area contributed by atoms with Gasteiger partial charge in [-0.25, -0.2) is 9.97 Å². The molecule has 2 aromatic heterocycles. The second-order valence-corrected chi connectivity index (χ2v) is 6.43. The first-order chi connectivity index (χ1) is 10.2. The highest BCUT2D eigenvalue weighted by atomic mass is 32.2. The van der Waals surface area contributed by atoms with E-state index in [0.29, 0.717) is 11.8 Å². The molecule has 1 aliphatic rings. The van der Waals surface area contributed by atoms with Crippen LogP contribution in [0.2, 0.25) is 0 Å². The van der Waals surface area contributed by atoms with E-state index in [1.807, 2.05) is 23.7 Å². The number of nitrogens with zero attached hydrogens (tertiary/aromatic N) is 3. The number of amides is 1. The Labute approximate surface area is 128 Å². The van der Waals surface area contributed by atoms with Crippen molar-refractivity contribution in [1.82, 2.24) is 19.9 Å². The number of carbonyl (C=O) groups is 1. The van der Waals surface area contributed by atoms with E-state index in [4.69, 9.17) is 0 Å². The van der Waals surface area contributed by atoms with Gasteiger partial charge in [0.05, 0.1) is 5.75 Å². The molecule has 0 aliphatic heterocycles. The smallest absolute Gasteiger partial charge is 0.230 e. The van der Waals surface area contributed by atoms with E-state index in [9.17, 15) is 4.79 Å². The minimum Gasteiger partial charge on any atom is -0.353 e. The highest BCUT2D eigenvalue weighted by Crippen LogP contribution is 2.22. The molecule has 1 N–H and O–H groups in total. The molecule has 21 heavy (non-hydrogen) atoms. The molecule has 0 aromatic carbocycles. The van der Waals surface area contributed by atoms with Gasteiger partial charge in [-0.05, 0) is 25.0 Å². The second-order valence-electron chi connectivity index (χ2n) is 5.49. The van der Waals surface area contributed by atoms with Gasteiger partial charge >= 0.3 is 0 Å². The Kier molecular flexibility index (Phi) is 4.43. The monoisotopic (exact) mass is 304 g/mol. The predicted octanol–water partition coefficient (Wildman–Crippen LogP) is 2.51. The zero-order valence-corrected chi connectivity index (χ0v) is 13.0. The van der Waals surface area contributed by atoms with Crippen LogP contribution in [0.5, 0.6) is 0 Å². The molecule has 0 radical (unpaired) electrons. The number of carbonyl (C=O) groups excluding carboxylic acids is 1. The molecule has 5 nitrogen and oxygen atoms in total. The topological polar surface area (TPSA) is 59.8 Å². The summed E-state index contributed by atoms with van der Waals surface area (Å²) in [7, 11) is 1.93. The van der Waals surface area contributed by atoms with Gasteiger partial charge in [-0.15, -0.1) is 0 Å². The van der Waals surface area contributed by atoms with Gasteiger partial charge in [-0.1, -0.05) is 31.0 Å². The van der Waals surface area contributed by atoms with Gasteiger partial charge in [-0.2, -0.15) is 0 Å². The van der Waals surface area contributed by atoms with E-state index >= 15 is 0 Å². The van der Waals surface area contributed by atoms with Crippen LogP contribution in [0.15, 0.2) is 23.5 Å². The lowest BCUT2D eigenvalue weighted by molar-refractivity contribution is -0.119. The maximum atomic E-state index is 12.0. The van der Waals surface area contributed by atoms with Crippen LogP contribution in [-0.4, -0.2) is 32.2 Å². The van der Waals surface area contributed by atoms with Crippen molar-refractivity contribution in [1.29, 1.82) is 0 Å². The molecular formula is C15H20N4OS. The van der Waals surface area contributed by atoms with Crippen LogP contribution < -0.4 is 5.32 Å². The number of hydrogen-bond acceptors (Lipinski definition) is 4. The normalized spacial score (nSPS) is 16.2. The number of fused-ring (bicyclic) bond motifs is 1. The summed E-state index contributed by atoms with van der Waals surface area (Å²) >= 11 is 1.47. The summed E-state index contributed by atoms with van der Waals surface area (Å²) in [6.07, 6.45) is 7.75. The van der Waals surface area contributed by atoms with E-state index < -0.39 is 0 Å². The number of aromatic nitrogens is 3. The third-order valence-corrected chi connectivity index (χ3v) is 4.92. The van der Waals surface area contributed by atoms with Gasteiger partial charge < -0.3 is 9.88 Å². The van der Waals surface area contributed by atoms with E-state index in [2.05, 4.69) is 15.3 Å². The fourth-order valence-corrected chi connectivity index (χ4v) is 3.56. The van der Waals surface area contributed by atoms with E-state index in [1.54, 1.807) is 6.20 Å². The molecule has 1 saturated carbocycles. The van der Waals surface area contributed by atoms with Gasteiger partial charge in [0, 0.05) is 19.3 Å². The van der Waals surface area contributed by atoms with Crippen molar-refractivity contribution in [3.8, 4) is 0 Å². The number of imidazole rings is 1. The lowest BCUT2D eigenvalue weighted by Crippen LogP contribution is -2.37. The zero-order chi connectivity index (χ0) is 14.7. The third-order valence-electron chi connectivity index (χ3n) is 3.89. The lowest BCUT2D eigenvalue weighted by atomic mass is 9.95. The van der Waals surface area contributed by atoms with Crippen molar-refractivity contribution in [2.75, 3.05) is 5.75 Å². The number of pyridine rings is 1. The van der Waals surface area contributed by atoms with E-state index in [0.717, 1.165) is 29.2 Å². The molecule has 0 unspecified atom stereocenters. The first-order valence-electron chi connectivity index (χ1n) is 7.43. The molecule has 2 aromatic rings. The lowest BCUT2D eigenvalue weighted by Gasteiger charge is -2.22. The molecule has 1 fully saturated rings. The first-order valence-corrected chi connectivity index (χ1v) is 8.42. The highest BCUT2D eigenvalue weighted by Gasteiger charge is 2.16. The molecule has 1 aliphatic carbocycles. The van der Waals surface area contributed by atoms with Crippen LogP contribution >= 0.6 is 11.8 Å². The number of aryl methyl sites for hydroxylation is 1. The van der Waals surface area contributed by atoms with Gasteiger partial charge in [0.25, 0.3) is 0 Å². The summed E-state index contributed by atoms with van der Waals surface area (Å²) in [4.78, 5) is 20.8. The maximum Gasteiger partial charge on any atom is 0.230 e. The summed E-state index contributed by atoms with van der Waals surface area (Å²) in [5.74, 6) is 0.514. The van der Waals surface area contributed by atoms with Crippen LogP contribution in [0.4, 0.5) is 0 Å². The Morgan fingerprint density at radius 1 is 1.43 bits per heavy atom. The van der Waals surface area contributed by atoms with Crippen LogP contribution in [-0.2, 0) is 11.8 Å². The largest absolute Gasteiger partial charge is 0.353 e. The van der Waals surface area contributed by atoms with Crippen molar-refractivity contribution >= 4 is 28.8 Å². The van der Waals surface area contributed by atoms with Crippen molar-refractivity contribution in [2.45, 2.75) is 43.3 Å². The van der Waals surface area contributed by atoms with Crippen LogP contribution in [0.25, 0.3) is 11.2 Å². The summed E-state index contributed by atoms with van der Waals surface area (Å²) in [5.41, 5.74) is 1.72. The quantitative estimate of drug-likeness (QED) is 0.882. The number of rotatable bonds is 4. The van der Waals surface area contributed by atoms with Gasteiger partial charge in [0.15, 0.2) is 10.8 Å². The second kappa shape index (κ2) is 6.47. The van der Waals surface area contributed by atoms with E-state index in [-0.39, 0.29) is 5.91 Å². The molecule has 6 heteroatoms. The Bertz CT molecular complexity index is 634. The van der Waals surface area contributed by atoms with E-state index in [1.165, 1.54) is 31.0 Å². The summed E-state index contributed by atoms with van der Waals surface area (Å²) in [6.45, 7) is 0. The van der Waals surface area contributed by atoms with Gasteiger partial charge in [-0.3, -0.25) is 4.79 Å². The predicted molar refractivity (Wildman–Crippen MR) is 84.2 cm³/mol. The van der Waals surface area contributed by atoms with Crippen LogP contribution in [0, 0.1) is 0 Å².